The summed E-state index contributed by atoms with van der Waals surface area (Å²) in [5, 5.41) is 29.4. The number of aryl methyl sites for hydroxylation is 1. The Labute approximate surface area is 470 Å². The van der Waals surface area contributed by atoms with Gasteiger partial charge in [0, 0.05) is 48.5 Å². The van der Waals surface area contributed by atoms with E-state index in [-0.39, 0.29) is 60.3 Å². The number of fused-ring (bicyclic) bond motifs is 7. The molecule has 434 valence electrons. The molecule has 1 saturated heterocycles. The second kappa shape index (κ2) is 26.1. The van der Waals surface area contributed by atoms with Crippen LogP contribution in [-0.4, -0.2) is 106 Å². The molecule has 1 amide bonds. The molecule has 80 heavy (non-hydrogen) atoms. The van der Waals surface area contributed by atoms with Crippen molar-refractivity contribution in [2.24, 2.45) is 34.5 Å². The Bertz CT molecular complexity index is 2780. The quantitative estimate of drug-likeness (QED) is 0.0194. The summed E-state index contributed by atoms with van der Waals surface area (Å²) in [4.78, 5) is 74.5. The second-order valence-electron chi connectivity index (χ2n) is 23.8. The molecule has 9 rings (SSSR count). The van der Waals surface area contributed by atoms with Crippen LogP contribution in [0.25, 0.3) is 0 Å². The first kappa shape index (κ1) is 59.7. The van der Waals surface area contributed by atoms with Gasteiger partial charge in [-0.2, -0.15) is 4.57 Å². The maximum atomic E-state index is 15.0. The number of aliphatic hydroxyl groups is 2. The highest BCUT2D eigenvalue weighted by Crippen LogP contribution is 2.70. The van der Waals surface area contributed by atoms with Crippen LogP contribution in [0.15, 0.2) is 96.9 Å². The van der Waals surface area contributed by atoms with Gasteiger partial charge in [-0.05, 0) is 137 Å². The molecule has 6 N–H and O–H groups in total. The number of phosphoric ester groups is 1. The van der Waals surface area contributed by atoms with Gasteiger partial charge in [-0.3, -0.25) is 24.2 Å². The highest BCUT2D eigenvalue weighted by atomic mass is 31.2. The van der Waals surface area contributed by atoms with Crippen LogP contribution in [-0.2, 0) is 50.9 Å². The summed E-state index contributed by atoms with van der Waals surface area (Å²) in [7, 11) is -4.98. The Morgan fingerprint density at radius 3 is 2.48 bits per heavy atom. The lowest BCUT2D eigenvalue weighted by Crippen LogP contribution is -2.64. The number of rotatable bonds is 26. The summed E-state index contributed by atoms with van der Waals surface area (Å²) >= 11 is 0. The number of Topliss-reactive ketones (excluding diaryl/α,β-unsaturated/α-hetero) is 1. The van der Waals surface area contributed by atoms with E-state index in [2.05, 4.69) is 41.8 Å². The molecule has 0 radical (unpaired) electrons. The SMILES string of the molecule is C[C@@H](NC(=O)c1ccc[n+](Cc2cc(C(O)CNCCCCCCOCCCCc3ccccc3)ccc2OP(=O)(O)O)c1)C(=O)OCC(=O)[C@@]12O[C@H](C3CCCCC3)O[C@@H]1C[C@H]1[C@@H]3CCC4=CC(=O)C=C[C@]4(C)[C@H]3[C@@H](O)C[C@@]12C. The van der Waals surface area contributed by atoms with Crippen molar-refractivity contribution in [3.8, 4) is 5.75 Å². The highest BCUT2D eigenvalue weighted by molar-refractivity contribution is 7.46. The van der Waals surface area contributed by atoms with Crippen LogP contribution < -0.4 is 19.7 Å². The van der Waals surface area contributed by atoms with Crippen LogP contribution in [0.3, 0.4) is 0 Å². The molecule has 0 spiro atoms. The standard InChI is InChI=1S/C62H82N3O14P/c1-41(58(71)76-40-54(69)62-55(77-59(78-62)43-20-10-7-11-21-43)35-50-49-25-24-47-34-48(66)27-28-60(47,2)56(49)51(67)36-61(50,62)3)64-57(70)45-22-16-30-65(38-45)39-46-33-44(23-26-53(46)79-80(72,73)74)52(68)37-63-29-13-4-5-14-31-75-32-15-12-19-42-17-8-6-9-18-42/h6,8-9,16-18,22-23,26-28,30,33-34,38,41,43,49-52,55-56,59,63,67-68H,4-5,7,10-15,19-21,24-25,29,31-32,35-37,39-40H2,1-3H3,(H2-,64,70,72,73,74)/p+1/t41-,49+,50+,51+,52?,55-,56-,59-,60+,61+,62-/m1/s1. The molecule has 5 aliphatic carbocycles. The largest absolute Gasteiger partial charge is 0.524 e. The third-order valence-electron chi connectivity index (χ3n) is 18.5. The Hall–Kier alpha value is -4.94. The van der Waals surface area contributed by atoms with Gasteiger partial charge in [-0.15, -0.1) is 0 Å². The summed E-state index contributed by atoms with van der Waals surface area (Å²) in [5.74, 6) is -2.13. The van der Waals surface area contributed by atoms with E-state index >= 15 is 4.79 Å². The van der Waals surface area contributed by atoms with E-state index in [1.165, 1.54) is 24.8 Å². The molecule has 2 aromatic carbocycles. The van der Waals surface area contributed by atoms with Crippen molar-refractivity contribution in [1.29, 1.82) is 0 Å². The van der Waals surface area contributed by atoms with Gasteiger partial charge in [-0.1, -0.05) is 94.0 Å². The minimum absolute atomic E-state index is 0.00858. The number of unbranched alkanes of at least 4 members (excludes halogenated alkanes) is 4. The first-order valence-corrected chi connectivity index (χ1v) is 30.8. The van der Waals surface area contributed by atoms with Crippen LogP contribution in [0.2, 0.25) is 0 Å². The third kappa shape index (κ3) is 13.4. The normalized spacial score (nSPS) is 28.9. The smallest absolute Gasteiger partial charge is 0.456 e. The number of carbonyl (C=O) groups excluding carboxylic acids is 4. The Morgan fingerprint density at radius 1 is 0.938 bits per heavy atom. The number of aliphatic hydroxyl groups excluding tert-OH is 2. The van der Waals surface area contributed by atoms with Gasteiger partial charge in [-0.25, -0.2) is 9.36 Å². The fourth-order valence-corrected chi connectivity index (χ4v) is 14.9. The molecule has 1 aliphatic heterocycles. The van der Waals surface area contributed by atoms with E-state index < -0.39 is 79.2 Å². The van der Waals surface area contributed by atoms with E-state index in [0.717, 1.165) is 102 Å². The van der Waals surface area contributed by atoms with E-state index in [0.29, 0.717) is 30.5 Å². The summed E-state index contributed by atoms with van der Waals surface area (Å²) < 4.78 is 44.1. The first-order chi connectivity index (χ1) is 38.4. The summed E-state index contributed by atoms with van der Waals surface area (Å²) in [6.07, 6.45) is 20.0. The molecule has 1 unspecified atom stereocenters. The number of aromatic nitrogens is 1. The number of carbonyl (C=O) groups is 4. The Morgan fingerprint density at radius 2 is 1.70 bits per heavy atom. The number of allylic oxidation sites excluding steroid dienone is 4. The van der Waals surface area contributed by atoms with Crippen molar-refractivity contribution in [2.45, 2.75) is 166 Å². The number of pyridine rings is 1. The maximum Gasteiger partial charge on any atom is 0.524 e. The lowest BCUT2D eigenvalue weighted by Gasteiger charge is -2.59. The molecule has 11 atom stereocenters. The lowest BCUT2D eigenvalue weighted by atomic mass is 9.46. The van der Waals surface area contributed by atoms with Crippen molar-refractivity contribution < 1.29 is 71.8 Å². The molecule has 4 saturated carbocycles. The maximum absolute atomic E-state index is 15.0. The molecule has 5 fully saturated rings. The zero-order chi connectivity index (χ0) is 56.7. The molecule has 1 aromatic heterocycles. The third-order valence-corrected chi connectivity index (χ3v) is 18.9. The number of phosphoric acid groups is 1. The molecule has 18 heteroatoms. The van der Waals surface area contributed by atoms with Gasteiger partial charge in [0.25, 0.3) is 5.91 Å². The molecule has 0 bridgehead atoms. The Balaban J connectivity index is 0.777. The Kier molecular flexibility index (Phi) is 19.5. The molecule has 2 heterocycles. The van der Waals surface area contributed by atoms with E-state index in [1.54, 1.807) is 47.2 Å². The van der Waals surface area contributed by atoms with E-state index in [4.69, 9.17) is 23.5 Å². The van der Waals surface area contributed by atoms with Crippen LogP contribution in [0.1, 0.15) is 150 Å². The minimum atomic E-state index is -4.98. The number of nitrogens with one attached hydrogen (secondary N) is 2. The number of ketones is 2. The average molecular weight is 1130 g/mol. The van der Waals surface area contributed by atoms with Crippen molar-refractivity contribution >= 4 is 31.3 Å². The molecular formula is C62H83N3O14P+. The first-order valence-electron chi connectivity index (χ1n) is 29.2. The van der Waals surface area contributed by atoms with Crippen LogP contribution in [0.5, 0.6) is 5.75 Å². The average Bonchev–Trinajstić information content (AvgIpc) is 3.91. The van der Waals surface area contributed by atoms with Crippen molar-refractivity contribution in [2.75, 3.05) is 32.9 Å². The van der Waals surface area contributed by atoms with Crippen LogP contribution in [0.4, 0.5) is 0 Å². The van der Waals surface area contributed by atoms with Gasteiger partial charge in [0.1, 0.15) is 17.4 Å². The zero-order valence-corrected chi connectivity index (χ0v) is 47.6. The predicted octanol–water partition coefficient (Wildman–Crippen LogP) is 7.90. The van der Waals surface area contributed by atoms with Crippen molar-refractivity contribution in [3.05, 3.63) is 119 Å². The fraction of sp³-hybridized carbons (Fsp3) is 0.597. The van der Waals surface area contributed by atoms with Crippen molar-refractivity contribution in [3.63, 3.8) is 0 Å². The van der Waals surface area contributed by atoms with Crippen molar-refractivity contribution in [1.82, 2.24) is 10.6 Å². The molecular weight excluding hydrogens is 1040 g/mol. The number of ether oxygens (including phenoxy) is 4. The molecule has 17 nitrogen and oxygen atoms in total. The number of benzene rings is 2. The van der Waals surface area contributed by atoms with Gasteiger partial charge in [0.2, 0.25) is 5.78 Å². The predicted molar refractivity (Wildman–Crippen MR) is 297 cm³/mol. The fourth-order valence-electron chi connectivity index (χ4n) is 14.5. The monoisotopic (exact) mass is 1120 g/mol. The second-order valence-corrected chi connectivity index (χ2v) is 25.0. The van der Waals surface area contributed by atoms with E-state index in [9.17, 15) is 38.9 Å². The van der Waals surface area contributed by atoms with Crippen LogP contribution in [0, 0.1) is 34.5 Å². The zero-order valence-electron chi connectivity index (χ0n) is 46.7. The minimum Gasteiger partial charge on any atom is -0.456 e. The van der Waals surface area contributed by atoms with Gasteiger partial charge in [0.15, 0.2) is 43.2 Å². The number of nitrogens with zero attached hydrogens (tertiary/aromatic N) is 1. The highest BCUT2D eigenvalue weighted by Gasteiger charge is 2.76. The van der Waals surface area contributed by atoms with Gasteiger partial charge >= 0.3 is 13.8 Å². The number of esters is 1. The van der Waals surface area contributed by atoms with E-state index in [1.807, 2.05) is 19.1 Å². The molecule has 3 aromatic rings. The van der Waals surface area contributed by atoms with Gasteiger partial charge < -0.3 is 44.3 Å². The van der Waals surface area contributed by atoms with Crippen LogP contribution >= 0.6 is 7.82 Å². The van der Waals surface area contributed by atoms with Gasteiger partial charge in [0.05, 0.1) is 23.9 Å². The topological polar surface area (TPSA) is 240 Å². The lowest BCUT2D eigenvalue weighted by molar-refractivity contribution is -0.688. The summed E-state index contributed by atoms with van der Waals surface area (Å²) in [6.45, 7) is 7.43. The number of hydrogen-bond acceptors (Lipinski definition) is 13. The molecule has 6 aliphatic rings. The number of amides is 1. The number of hydrogen-bond donors (Lipinski definition) is 6. The summed E-state index contributed by atoms with van der Waals surface area (Å²) in [6, 6.07) is 17.0. The summed E-state index contributed by atoms with van der Waals surface area (Å²) in [5.41, 5.74) is 0.515.